The molecule has 0 aliphatic carbocycles. The van der Waals surface area contributed by atoms with Gasteiger partial charge in [0.2, 0.25) is 11.8 Å². The van der Waals surface area contributed by atoms with Gasteiger partial charge in [-0.3, -0.25) is 9.59 Å². The van der Waals surface area contributed by atoms with Crippen molar-refractivity contribution in [3.05, 3.63) is 66.2 Å². The van der Waals surface area contributed by atoms with Crippen LogP contribution in [0.4, 0.5) is 10.5 Å². The van der Waals surface area contributed by atoms with Crippen LogP contribution in [0.5, 0.6) is 0 Å². The van der Waals surface area contributed by atoms with Gasteiger partial charge in [0.25, 0.3) is 0 Å². The van der Waals surface area contributed by atoms with E-state index in [1.54, 1.807) is 12.1 Å². The zero-order chi connectivity index (χ0) is 23.7. The van der Waals surface area contributed by atoms with Crippen molar-refractivity contribution in [2.75, 3.05) is 23.4 Å². The molecule has 1 atom stereocenters. The van der Waals surface area contributed by atoms with Crippen molar-refractivity contribution >= 4 is 35.4 Å². The number of ether oxygens (including phenoxy) is 1. The quantitative estimate of drug-likeness (QED) is 0.356. The van der Waals surface area contributed by atoms with Gasteiger partial charge >= 0.3 is 6.09 Å². The van der Waals surface area contributed by atoms with Crippen LogP contribution >= 0.6 is 11.8 Å². The van der Waals surface area contributed by atoms with Gasteiger partial charge < -0.3 is 20.7 Å². The highest BCUT2D eigenvalue weighted by Gasteiger charge is 2.22. The number of carbonyl (C=O) groups excluding carboxylic acids is 3. The Morgan fingerprint density at radius 1 is 0.970 bits per heavy atom. The highest BCUT2D eigenvalue weighted by atomic mass is 32.2. The number of alkyl carbamates (subject to hydrolysis) is 1. The SMILES string of the molecule is CCCCNC(=O)CCCSC[C@H](NC(=O)OCc1ccccc1)C(=O)Nc1ccccc1. The summed E-state index contributed by atoms with van der Waals surface area (Å²) in [6, 6.07) is 17.7. The number of hydrogen-bond acceptors (Lipinski definition) is 5. The van der Waals surface area contributed by atoms with Gasteiger partial charge in [0.1, 0.15) is 12.6 Å². The number of nitrogens with one attached hydrogen (secondary N) is 3. The van der Waals surface area contributed by atoms with Gasteiger partial charge in [0.05, 0.1) is 0 Å². The van der Waals surface area contributed by atoms with E-state index in [1.807, 2.05) is 48.5 Å². The van der Waals surface area contributed by atoms with E-state index in [-0.39, 0.29) is 18.4 Å². The molecule has 0 spiro atoms. The minimum atomic E-state index is -0.767. The summed E-state index contributed by atoms with van der Waals surface area (Å²) in [6.45, 7) is 2.91. The number of benzene rings is 2. The predicted molar refractivity (Wildman–Crippen MR) is 133 cm³/mol. The lowest BCUT2D eigenvalue weighted by Gasteiger charge is -2.18. The summed E-state index contributed by atoms with van der Waals surface area (Å²) in [6.07, 6.45) is 2.52. The Labute approximate surface area is 200 Å². The van der Waals surface area contributed by atoms with Gasteiger partial charge in [-0.25, -0.2) is 4.79 Å². The van der Waals surface area contributed by atoms with E-state index in [0.29, 0.717) is 36.6 Å². The van der Waals surface area contributed by atoms with Gasteiger partial charge in [-0.05, 0) is 36.3 Å². The zero-order valence-electron chi connectivity index (χ0n) is 19.0. The van der Waals surface area contributed by atoms with E-state index in [1.165, 1.54) is 11.8 Å². The maximum absolute atomic E-state index is 12.8. The molecule has 3 amide bonds. The van der Waals surface area contributed by atoms with Gasteiger partial charge in [0, 0.05) is 24.4 Å². The fourth-order valence-corrected chi connectivity index (χ4v) is 3.86. The van der Waals surface area contributed by atoms with Crippen LogP contribution in [0.2, 0.25) is 0 Å². The third-order valence-electron chi connectivity index (χ3n) is 4.69. The van der Waals surface area contributed by atoms with Gasteiger partial charge in [0.15, 0.2) is 0 Å². The monoisotopic (exact) mass is 471 g/mol. The van der Waals surface area contributed by atoms with Gasteiger partial charge in [-0.1, -0.05) is 61.9 Å². The number of unbranched alkanes of at least 4 members (excludes halogenated alkanes) is 1. The van der Waals surface area contributed by atoms with E-state index >= 15 is 0 Å². The first-order valence-electron chi connectivity index (χ1n) is 11.3. The smallest absolute Gasteiger partial charge is 0.408 e. The van der Waals surface area contributed by atoms with Crippen LogP contribution in [0.3, 0.4) is 0 Å². The standard InChI is InChI=1S/C25H33N3O4S/c1-2-3-16-26-23(29)15-10-17-33-19-22(24(30)27-21-13-8-5-9-14-21)28-25(31)32-18-20-11-6-4-7-12-20/h4-9,11-14,22H,2-3,10,15-19H2,1H3,(H,26,29)(H,27,30)(H,28,31)/t22-/m0/s1. The van der Waals surface area contributed by atoms with E-state index in [0.717, 1.165) is 18.4 Å². The maximum Gasteiger partial charge on any atom is 0.408 e. The topological polar surface area (TPSA) is 96.5 Å². The normalized spacial score (nSPS) is 11.3. The summed E-state index contributed by atoms with van der Waals surface area (Å²) in [5, 5.41) is 8.39. The Kier molecular flexibility index (Phi) is 12.5. The summed E-state index contributed by atoms with van der Waals surface area (Å²) in [5.74, 6) is 0.806. The van der Waals surface area contributed by atoms with E-state index < -0.39 is 12.1 Å². The first kappa shape index (κ1) is 26.3. The summed E-state index contributed by atoms with van der Waals surface area (Å²) >= 11 is 1.52. The van der Waals surface area contributed by atoms with Crippen molar-refractivity contribution in [1.82, 2.24) is 10.6 Å². The minimum absolute atomic E-state index is 0.0463. The Hall–Kier alpha value is -3.00. The molecule has 0 saturated carbocycles. The lowest BCUT2D eigenvalue weighted by Crippen LogP contribution is -2.45. The Balaban J connectivity index is 1.81. The van der Waals surface area contributed by atoms with Crippen molar-refractivity contribution < 1.29 is 19.1 Å². The average Bonchev–Trinajstić information content (AvgIpc) is 2.83. The van der Waals surface area contributed by atoms with E-state index in [4.69, 9.17) is 4.74 Å². The zero-order valence-corrected chi connectivity index (χ0v) is 19.9. The summed E-state index contributed by atoms with van der Waals surface area (Å²) < 4.78 is 5.27. The molecular weight excluding hydrogens is 438 g/mol. The molecule has 7 nitrogen and oxygen atoms in total. The number of thioether (sulfide) groups is 1. The molecule has 0 radical (unpaired) electrons. The summed E-state index contributed by atoms with van der Waals surface area (Å²) in [5.41, 5.74) is 1.52. The van der Waals surface area contributed by atoms with Gasteiger partial charge in [-0.2, -0.15) is 11.8 Å². The number of rotatable bonds is 14. The van der Waals surface area contributed by atoms with Crippen LogP contribution in [0, 0.1) is 0 Å². The Morgan fingerprint density at radius 2 is 1.67 bits per heavy atom. The van der Waals surface area contributed by atoms with Crippen LogP contribution < -0.4 is 16.0 Å². The molecule has 2 rings (SSSR count). The largest absolute Gasteiger partial charge is 0.445 e. The molecule has 8 heteroatoms. The molecule has 2 aromatic rings. The average molecular weight is 472 g/mol. The van der Waals surface area contributed by atoms with E-state index in [2.05, 4.69) is 22.9 Å². The van der Waals surface area contributed by atoms with Gasteiger partial charge in [-0.15, -0.1) is 0 Å². The lowest BCUT2D eigenvalue weighted by atomic mass is 10.2. The van der Waals surface area contributed by atoms with Crippen molar-refractivity contribution in [1.29, 1.82) is 0 Å². The molecule has 178 valence electrons. The van der Waals surface area contributed by atoms with Crippen LogP contribution in [-0.4, -0.2) is 42.0 Å². The second-order valence-electron chi connectivity index (χ2n) is 7.50. The molecule has 0 saturated heterocycles. The Bertz CT molecular complexity index is 849. The molecule has 0 aliphatic heterocycles. The summed E-state index contributed by atoms with van der Waals surface area (Å²) in [7, 11) is 0. The second-order valence-corrected chi connectivity index (χ2v) is 8.65. The van der Waals surface area contributed by atoms with Crippen LogP contribution in [0.25, 0.3) is 0 Å². The number of para-hydroxylation sites is 1. The molecule has 0 aromatic heterocycles. The van der Waals surface area contributed by atoms with Crippen LogP contribution in [0.15, 0.2) is 60.7 Å². The maximum atomic E-state index is 12.8. The second kappa shape index (κ2) is 15.7. The molecule has 0 bridgehead atoms. The molecule has 0 aliphatic rings. The van der Waals surface area contributed by atoms with Crippen LogP contribution in [0.1, 0.15) is 38.2 Å². The minimum Gasteiger partial charge on any atom is -0.445 e. The van der Waals surface area contributed by atoms with E-state index in [9.17, 15) is 14.4 Å². The fraction of sp³-hybridized carbons (Fsp3) is 0.400. The number of carbonyl (C=O) groups is 3. The highest BCUT2D eigenvalue weighted by molar-refractivity contribution is 7.99. The fourth-order valence-electron chi connectivity index (χ4n) is 2.87. The van der Waals surface area contributed by atoms with Crippen molar-refractivity contribution in [3.8, 4) is 0 Å². The summed E-state index contributed by atoms with van der Waals surface area (Å²) in [4.78, 5) is 36.9. The number of anilines is 1. The van der Waals surface area contributed by atoms with Crippen molar-refractivity contribution in [2.24, 2.45) is 0 Å². The van der Waals surface area contributed by atoms with Crippen LogP contribution in [-0.2, 0) is 20.9 Å². The third-order valence-corrected chi connectivity index (χ3v) is 5.84. The molecule has 3 N–H and O–H groups in total. The highest BCUT2D eigenvalue weighted by Crippen LogP contribution is 2.11. The first-order chi connectivity index (χ1) is 16.1. The number of amides is 3. The molecule has 0 unspecified atom stereocenters. The molecule has 2 aromatic carbocycles. The predicted octanol–water partition coefficient (Wildman–Crippen LogP) is 4.35. The lowest BCUT2D eigenvalue weighted by molar-refractivity contribution is -0.121. The Morgan fingerprint density at radius 3 is 2.36 bits per heavy atom. The van der Waals surface area contributed by atoms with Crippen molar-refractivity contribution in [3.63, 3.8) is 0 Å². The molecule has 0 heterocycles. The molecule has 0 fully saturated rings. The molecular formula is C25H33N3O4S. The van der Waals surface area contributed by atoms with Crippen molar-refractivity contribution in [2.45, 2.75) is 45.3 Å². The number of hydrogen-bond donors (Lipinski definition) is 3. The third kappa shape index (κ3) is 11.4. The first-order valence-corrected chi connectivity index (χ1v) is 12.4. The molecule has 33 heavy (non-hydrogen) atoms.